The fourth-order valence-electron chi connectivity index (χ4n) is 1.98. The van der Waals surface area contributed by atoms with E-state index in [0.29, 0.717) is 26.1 Å². The van der Waals surface area contributed by atoms with Crippen LogP contribution in [0.4, 0.5) is 0 Å². The molecule has 1 saturated heterocycles. The highest BCUT2D eigenvalue weighted by atomic mass is 127. The summed E-state index contributed by atoms with van der Waals surface area (Å²) in [5, 5.41) is 0. The summed E-state index contributed by atoms with van der Waals surface area (Å²) in [6, 6.07) is 0. The molecule has 0 saturated carbocycles. The van der Waals surface area contributed by atoms with Crippen molar-refractivity contribution < 1.29 is 18.5 Å². The summed E-state index contributed by atoms with van der Waals surface area (Å²) in [7, 11) is 1.33. The van der Waals surface area contributed by atoms with Gasteiger partial charge in [0.25, 0.3) is 0 Å². The molecule has 0 aliphatic carbocycles. The maximum absolute atomic E-state index is 11.9. The van der Waals surface area contributed by atoms with Crippen molar-refractivity contribution in [1.82, 2.24) is 0 Å². The predicted octanol–water partition coefficient (Wildman–Crippen LogP) is 3.47. The summed E-state index contributed by atoms with van der Waals surface area (Å²) in [4.78, 5) is 23.5. The Hall–Kier alpha value is 0.180. The summed E-state index contributed by atoms with van der Waals surface area (Å²) in [6.45, 7) is 1.18. The zero-order valence-electron chi connectivity index (χ0n) is 10.4. The third-order valence-electron chi connectivity index (χ3n) is 3.00. The monoisotopic (exact) mass is 386 g/mol. The van der Waals surface area contributed by atoms with Crippen LogP contribution in [0.25, 0.3) is 0 Å². The van der Waals surface area contributed by atoms with Gasteiger partial charge in [0, 0.05) is 27.6 Å². The van der Waals surface area contributed by atoms with Gasteiger partial charge in [-0.15, -0.1) is 0 Å². The normalized spacial score (nSPS) is 20.3. The average molecular weight is 386 g/mol. The standard InChI is InChI=1S/C12H19IO4S/c13-18-17-9-4-1-2-7-11(14)10-6-3-5-8-16-12(10)15/h10H,1-9H2. The van der Waals surface area contributed by atoms with Gasteiger partial charge in [0.2, 0.25) is 0 Å². The van der Waals surface area contributed by atoms with Gasteiger partial charge in [0.05, 0.1) is 22.4 Å². The van der Waals surface area contributed by atoms with Crippen LogP contribution < -0.4 is 0 Å². The molecule has 18 heavy (non-hydrogen) atoms. The number of esters is 1. The Kier molecular flexibility index (Phi) is 9.04. The molecule has 0 N–H and O–H groups in total. The van der Waals surface area contributed by atoms with Crippen molar-refractivity contribution in [2.24, 2.45) is 5.92 Å². The number of carbonyl (C=O) groups excluding carboxylic acids is 2. The molecule has 1 aliphatic rings. The number of Topliss-reactive ketones (excluding diaryl/α,β-unsaturated/α-hetero) is 1. The van der Waals surface area contributed by atoms with Gasteiger partial charge in [0.1, 0.15) is 11.7 Å². The zero-order chi connectivity index (χ0) is 13.2. The first-order valence-electron chi connectivity index (χ1n) is 6.35. The summed E-state index contributed by atoms with van der Waals surface area (Å²) >= 11 is 2.08. The highest BCUT2D eigenvalue weighted by Crippen LogP contribution is 2.19. The van der Waals surface area contributed by atoms with Crippen molar-refractivity contribution in [2.45, 2.75) is 44.9 Å². The van der Waals surface area contributed by atoms with E-state index in [1.54, 1.807) is 0 Å². The molecule has 0 bridgehead atoms. The van der Waals surface area contributed by atoms with Gasteiger partial charge in [-0.2, -0.15) is 0 Å². The first kappa shape index (κ1) is 16.2. The minimum atomic E-state index is -0.506. The molecule has 104 valence electrons. The largest absolute Gasteiger partial charge is 0.465 e. The van der Waals surface area contributed by atoms with Crippen LogP contribution >= 0.6 is 30.4 Å². The van der Waals surface area contributed by atoms with Crippen molar-refractivity contribution in [3.63, 3.8) is 0 Å². The first-order valence-corrected chi connectivity index (χ1v) is 9.63. The Labute approximate surface area is 124 Å². The second kappa shape index (κ2) is 10.0. The molecule has 1 atom stereocenters. The Balaban J connectivity index is 2.16. The molecule has 1 fully saturated rings. The molecular weight excluding hydrogens is 367 g/mol. The van der Waals surface area contributed by atoms with E-state index in [1.165, 1.54) is 9.21 Å². The number of halogens is 1. The first-order chi connectivity index (χ1) is 8.75. The van der Waals surface area contributed by atoms with Crippen molar-refractivity contribution in [1.29, 1.82) is 0 Å². The molecule has 0 amide bonds. The Bertz CT molecular complexity index is 273. The fourth-order valence-corrected chi connectivity index (χ4v) is 2.70. The smallest absolute Gasteiger partial charge is 0.316 e. The van der Waals surface area contributed by atoms with Crippen LogP contribution in [0.3, 0.4) is 0 Å². The summed E-state index contributed by atoms with van der Waals surface area (Å²) in [5.41, 5.74) is 0. The molecule has 1 unspecified atom stereocenters. The number of rotatable bonds is 8. The van der Waals surface area contributed by atoms with Crippen LogP contribution in [0, 0.1) is 5.92 Å². The molecular formula is C12H19IO4S. The lowest BCUT2D eigenvalue weighted by Crippen LogP contribution is -2.24. The molecule has 0 spiro atoms. The van der Waals surface area contributed by atoms with E-state index in [1.807, 2.05) is 0 Å². The molecule has 1 heterocycles. The van der Waals surface area contributed by atoms with E-state index < -0.39 is 5.92 Å². The van der Waals surface area contributed by atoms with E-state index in [2.05, 4.69) is 21.2 Å². The maximum atomic E-state index is 11.9. The Morgan fingerprint density at radius 3 is 3.00 bits per heavy atom. The van der Waals surface area contributed by atoms with Crippen LogP contribution in [0.5, 0.6) is 0 Å². The third-order valence-corrected chi connectivity index (χ3v) is 4.02. The predicted molar refractivity (Wildman–Crippen MR) is 79.3 cm³/mol. The number of hydrogen-bond donors (Lipinski definition) is 0. The molecule has 1 rings (SSSR count). The van der Waals surface area contributed by atoms with Crippen LogP contribution in [-0.4, -0.2) is 25.0 Å². The maximum Gasteiger partial charge on any atom is 0.316 e. The lowest BCUT2D eigenvalue weighted by Gasteiger charge is -2.10. The molecule has 0 radical (unpaired) electrons. The van der Waals surface area contributed by atoms with Gasteiger partial charge in [-0.3, -0.25) is 9.59 Å². The van der Waals surface area contributed by atoms with E-state index in [4.69, 9.17) is 8.92 Å². The summed E-state index contributed by atoms with van der Waals surface area (Å²) in [5.74, 6) is -0.776. The van der Waals surface area contributed by atoms with Gasteiger partial charge in [-0.25, -0.2) is 0 Å². The SMILES string of the molecule is O=C(CCCCCOSI)C1CCCCOC1=O. The topological polar surface area (TPSA) is 52.6 Å². The van der Waals surface area contributed by atoms with E-state index in [0.717, 1.165) is 32.1 Å². The van der Waals surface area contributed by atoms with Crippen molar-refractivity contribution in [2.75, 3.05) is 13.2 Å². The highest BCUT2D eigenvalue weighted by molar-refractivity contribution is 14.2. The lowest BCUT2D eigenvalue weighted by molar-refractivity contribution is -0.150. The van der Waals surface area contributed by atoms with Crippen LogP contribution in [0.15, 0.2) is 0 Å². The number of cyclic esters (lactones) is 1. The van der Waals surface area contributed by atoms with Crippen LogP contribution in [0.2, 0.25) is 0 Å². The minimum absolute atomic E-state index is 0.0473. The highest BCUT2D eigenvalue weighted by Gasteiger charge is 2.28. The number of hydrogen-bond acceptors (Lipinski definition) is 5. The number of ether oxygens (including phenoxy) is 1. The summed E-state index contributed by atoms with van der Waals surface area (Å²) in [6.07, 6.45) is 5.67. The van der Waals surface area contributed by atoms with Gasteiger partial charge >= 0.3 is 5.97 Å². The van der Waals surface area contributed by atoms with Gasteiger partial charge in [0.15, 0.2) is 0 Å². The van der Waals surface area contributed by atoms with Crippen LogP contribution in [0.1, 0.15) is 44.9 Å². The molecule has 1 aliphatic heterocycles. The number of carbonyl (C=O) groups is 2. The summed E-state index contributed by atoms with van der Waals surface area (Å²) < 4.78 is 10.1. The molecule has 6 heteroatoms. The van der Waals surface area contributed by atoms with E-state index in [9.17, 15) is 9.59 Å². The number of ketones is 1. The van der Waals surface area contributed by atoms with Gasteiger partial charge in [-0.05, 0) is 32.1 Å². The minimum Gasteiger partial charge on any atom is -0.465 e. The number of unbranched alkanes of at least 4 members (excludes halogenated alkanes) is 2. The zero-order valence-corrected chi connectivity index (χ0v) is 13.3. The second-order valence-electron chi connectivity index (χ2n) is 4.38. The average Bonchev–Trinajstić information content (AvgIpc) is 2.58. The fraction of sp³-hybridized carbons (Fsp3) is 0.833. The third kappa shape index (κ3) is 6.38. The lowest BCUT2D eigenvalue weighted by atomic mass is 9.94. The van der Waals surface area contributed by atoms with Crippen molar-refractivity contribution >= 4 is 42.2 Å². The van der Waals surface area contributed by atoms with Crippen molar-refractivity contribution in [3.05, 3.63) is 0 Å². The Morgan fingerprint density at radius 2 is 2.22 bits per heavy atom. The second-order valence-corrected chi connectivity index (χ2v) is 5.82. The van der Waals surface area contributed by atoms with Gasteiger partial charge < -0.3 is 8.92 Å². The molecule has 0 aromatic carbocycles. The molecule has 0 aromatic heterocycles. The van der Waals surface area contributed by atoms with E-state index in [-0.39, 0.29) is 11.8 Å². The van der Waals surface area contributed by atoms with Crippen molar-refractivity contribution in [3.8, 4) is 0 Å². The van der Waals surface area contributed by atoms with Crippen LogP contribution in [-0.2, 0) is 18.5 Å². The molecule has 4 nitrogen and oxygen atoms in total. The van der Waals surface area contributed by atoms with E-state index >= 15 is 0 Å². The Morgan fingerprint density at radius 1 is 1.39 bits per heavy atom. The molecule has 0 aromatic rings. The van der Waals surface area contributed by atoms with Gasteiger partial charge in [-0.1, -0.05) is 6.42 Å². The quantitative estimate of drug-likeness (QED) is 0.210.